The second-order valence-corrected chi connectivity index (χ2v) is 5.84. The molecule has 21 heavy (non-hydrogen) atoms. The summed E-state index contributed by atoms with van der Waals surface area (Å²) in [7, 11) is 0. The van der Waals surface area contributed by atoms with Crippen molar-refractivity contribution in [3.63, 3.8) is 0 Å². The van der Waals surface area contributed by atoms with Crippen LogP contribution in [0.1, 0.15) is 16.1 Å². The van der Waals surface area contributed by atoms with Gasteiger partial charge in [0.05, 0.1) is 11.8 Å². The Balaban J connectivity index is 1.93. The van der Waals surface area contributed by atoms with Crippen LogP contribution in [0.3, 0.4) is 0 Å². The number of carboxylic acid groups (broad SMARTS) is 1. The van der Waals surface area contributed by atoms with E-state index in [0.717, 1.165) is 5.69 Å². The fourth-order valence-corrected chi connectivity index (χ4v) is 3.41. The third kappa shape index (κ3) is 2.45. The molecule has 0 radical (unpaired) electrons. The summed E-state index contributed by atoms with van der Waals surface area (Å²) in [5.41, 5.74) is 0.723. The number of amides is 1. The molecule has 1 amide bonds. The number of aliphatic hydroxyl groups excluding tert-OH is 1. The molecule has 7 heteroatoms. The van der Waals surface area contributed by atoms with Gasteiger partial charge in [-0.25, -0.2) is 4.79 Å². The predicted molar refractivity (Wildman–Crippen MR) is 76.7 cm³/mol. The van der Waals surface area contributed by atoms with Gasteiger partial charge in [0.15, 0.2) is 0 Å². The third-order valence-electron chi connectivity index (χ3n) is 3.55. The van der Waals surface area contributed by atoms with E-state index in [9.17, 15) is 19.8 Å². The highest BCUT2D eigenvalue weighted by atomic mass is 32.1. The lowest BCUT2D eigenvalue weighted by Gasteiger charge is -2.21. The first-order valence-electron chi connectivity index (χ1n) is 6.50. The average Bonchev–Trinajstić information content (AvgIpc) is 3.17. The van der Waals surface area contributed by atoms with Gasteiger partial charge in [-0.1, -0.05) is 0 Å². The van der Waals surface area contributed by atoms with Gasteiger partial charge < -0.3 is 19.7 Å². The van der Waals surface area contributed by atoms with E-state index in [4.69, 9.17) is 0 Å². The predicted octanol–water partition coefficient (Wildman–Crippen LogP) is 1.20. The fourth-order valence-electron chi connectivity index (χ4n) is 2.56. The molecule has 0 aliphatic carbocycles. The average molecular weight is 306 g/mol. The van der Waals surface area contributed by atoms with Crippen LogP contribution in [0.2, 0.25) is 0 Å². The van der Waals surface area contributed by atoms with Crippen molar-refractivity contribution in [2.75, 3.05) is 6.54 Å². The summed E-state index contributed by atoms with van der Waals surface area (Å²) in [4.78, 5) is 25.6. The fraction of sp³-hybridized carbons (Fsp3) is 0.286. The minimum Gasteiger partial charge on any atom is -0.480 e. The number of carboxylic acids is 1. The number of rotatable bonds is 3. The quantitative estimate of drug-likeness (QED) is 0.892. The summed E-state index contributed by atoms with van der Waals surface area (Å²) in [6.45, 7) is 0.0544. The van der Waals surface area contributed by atoms with Gasteiger partial charge >= 0.3 is 5.97 Å². The number of β-amino-alcohol motifs (C(OH)–C–C–N with tert-alkyl or cyclic N) is 1. The summed E-state index contributed by atoms with van der Waals surface area (Å²) in [5, 5.41) is 20.7. The molecule has 2 N–H and O–H groups in total. The molecule has 0 aromatic carbocycles. The zero-order valence-corrected chi connectivity index (χ0v) is 11.9. The second kappa shape index (κ2) is 5.34. The van der Waals surface area contributed by atoms with Gasteiger partial charge in [0.2, 0.25) is 0 Å². The first-order valence-corrected chi connectivity index (χ1v) is 7.38. The van der Waals surface area contributed by atoms with E-state index >= 15 is 0 Å². The van der Waals surface area contributed by atoms with Crippen LogP contribution in [0.15, 0.2) is 36.0 Å². The molecule has 2 atom stereocenters. The van der Waals surface area contributed by atoms with Gasteiger partial charge in [-0.05, 0) is 23.6 Å². The molecular formula is C14H14N2O4S. The van der Waals surface area contributed by atoms with Crippen LogP contribution < -0.4 is 0 Å². The van der Waals surface area contributed by atoms with E-state index in [1.807, 2.05) is 35.2 Å². The maximum Gasteiger partial charge on any atom is 0.326 e. The number of aliphatic hydroxyl groups is 1. The molecule has 1 fully saturated rings. The molecule has 1 aliphatic rings. The Morgan fingerprint density at radius 1 is 1.29 bits per heavy atom. The van der Waals surface area contributed by atoms with Crippen molar-refractivity contribution in [2.24, 2.45) is 0 Å². The molecule has 6 nitrogen and oxygen atoms in total. The third-order valence-corrected chi connectivity index (χ3v) is 4.44. The maximum atomic E-state index is 12.6. The van der Waals surface area contributed by atoms with Crippen LogP contribution in [-0.4, -0.2) is 50.2 Å². The summed E-state index contributed by atoms with van der Waals surface area (Å²) in [6.07, 6.45) is 2.94. The second-order valence-electron chi connectivity index (χ2n) is 4.93. The molecular weight excluding hydrogens is 292 g/mol. The number of carbonyl (C=O) groups is 2. The molecule has 3 heterocycles. The van der Waals surface area contributed by atoms with Gasteiger partial charge in [-0.15, -0.1) is 11.3 Å². The Labute approximate surface area is 124 Å². The Morgan fingerprint density at radius 2 is 2.00 bits per heavy atom. The highest BCUT2D eigenvalue weighted by Crippen LogP contribution is 2.27. The van der Waals surface area contributed by atoms with Gasteiger partial charge in [0.25, 0.3) is 5.91 Å². The number of nitrogens with zero attached hydrogens (tertiary/aromatic N) is 2. The summed E-state index contributed by atoms with van der Waals surface area (Å²) in [5.74, 6) is -1.43. The van der Waals surface area contributed by atoms with E-state index < -0.39 is 18.1 Å². The smallest absolute Gasteiger partial charge is 0.326 e. The highest BCUT2D eigenvalue weighted by Gasteiger charge is 2.40. The number of thiophene rings is 1. The number of aliphatic carboxylic acids is 1. The zero-order chi connectivity index (χ0) is 15.0. The zero-order valence-electron chi connectivity index (χ0n) is 11.0. The van der Waals surface area contributed by atoms with Crippen molar-refractivity contribution >= 4 is 23.2 Å². The first kappa shape index (κ1) is 13.8. The van der Waals surface area contributed by atoms with E-state index in [2.05, 4.69) is 0 Å². The molecule has 0 spiro atoms. The molecule has 1 aliphatic heterocycles. The highest BCUT2D eigenvalue weighted by molar-refractivity contribution is 7.12. The number of carbonyl (C=O) groups excluding carboxylic acids is 1. The van der Waals surface area contributed by atoms with Crippen molar-refractivity contribution < 1.29 is 19.8 Å². The van der Waals surface area contributed by atoms with Crippen LogP contribution in [0.5, 0.6) is 0 Å². The van der Waals surface area contributed by atoms with Gasteiger partial charge in [0.1, 0.15) is 10.9 Å². The van der Waals surface area contributed by atoms with Crippen molar-refractivity contribution in [1.82, 2.24) is 9.47 Å². The van der Waals surface area contributed by atoms with Crippen LogP contribution in [0.25, 0.3) is 5.69 Å². The minimum atomic E-state index is -1.08. The Morgan fingerprint density at radius 3 is 2.67 bits per heavy atom. The van der Waals surface area contributed by atoms with E-state index in [-0.39, 0.29) is 18.9 Å². The van der Waals surface area contributed by atoms with E-state index in [0.29, 0.717) is 4.88 Å². The van der Waals surface area contributed by atoms with E-state index in [1.54, 1.807) is 5.38 Å². The summed E-state index contributed by atoms with van der Waals surface area (Å²) >= 11 is 1.27. The molecule has 2 aromatic rings. The molecule has 110 valence electrons. The van der Waals surface area contributed by atoms with Gasteiger partial charge in [0, 0.05) is 25.4 Å². The van der Waals surface area contributed by atoms with Crippen LogP contribution in [0, 0.1) is 0 Å². The van der Waals surface area contributed by atoms with Crippen LogP contribution in [-0.2, 0) is 4.79 Å². The van der Waals surface area contributed by atoms with Crippen molar-refractivity contribution in [3.05, 3.63) is 40.8 Å². The normalized spacial score (nSPS) is 21.7. The van der Waals surface area contributed by atoms with Crippen molar-refractivity contribution in [2.45, 2.75) is 18.6 Å². The molecule has 3 rings (SSSR count). The number of hydrogen-bond donors (Lipinski definition) is 2. The topological polar surface area (TPSA) is 82.8 Å². The summed E-state index contributed by atoms with van der Waals surface area (Å²) in [6, 6.07) is 4.56. The van der Waals surface area contributed by atoms with E-state index in [1.165, 1.54) is 16.2 Å². The SMILES string of the molecule is O=C(O)[C@@H]1C[C@@H](O)CN1C(=O)c1sccc1-n1cccc1. The van der Waals surface area contributed by atoms with Crippen LogP contribution >= 0.6 is 11.3 Å². The van der Waals surface area contributed by atoms with Crippen LogP contribution in [0.4, 0.5) is 0 Å². The van der Waals surface area contributed by atoms with Crippen molar-refractivity contribution in [3.8, 4) is 5.69 Å². The van der Waals surface area contributed by atoms with Gasteiger partial charge in [-0.2, -0.15) is 0 Å². The molecule has 1 saturated heterocycles. The molecule has 0 bridgehead atoms. The maximum absolute atomic E-state index is 12.6. The number of aromatic nitrogens is 1. The standard InChI is InChI=1S/C14H14N2O4S/c17-9-7-11(14(19)20)16(8-9)13(18)12-10(3-6-21-12)15-4-1-2-5-15/h1-6,9,11,17H,7-8H2,(H,19,20)/t9-,11+/m1/s1. The molecule has 0 unspecified atom stereocenters. The summed E-state index contributed by atoms with van der Waals surface area (Å²) < 4.78 is 1.81. The monoisotopic (exact) mass is 306 g/mol. The number of likely N-dealkylation sites (tertiary alicyclic amines) is 1. The van der Waals surface area contributed by atoms with Crippen molar-refractivity contribution in [1.29, 1.82) is 0 Å². The van der Waals surface area contributed by atoms with Gasteiger partial charge in [-0.3, -0.25) is 4.79 Å². The molecule has 0 saturated carbocycles. The lowest BCUT2D eigenvalue weighted by atomic mass is 10.2. The lowest BCUT2D eigenvalue weighted by molar-refractivity contribution is -0.141. The Hall–Kier alpha value is -2.12. The lowest BCUT2D eigenvalue weighted by Crippen LogP contribution is -2.40. The Kier molecular flexibility index (Phi) is 3.52. The first-order chi connectivity index (χ1) is 10.1. The minimum absolute atomic E-state index is 0.0544. The molecule has 2 aromatic heterocycles. The Bertz CT molecular complexity index is 664. The largest absolute Gasteiger partial charge is 0.480 e. The number of hydrogen-bond acceptors (Lipinski definition) is 4.